The van der Waals surface area contributed by atoms with Gasteiger partial charge in [0.15, 0.2) is 11.6 Å². The molecular formula is C29H33F3O2. The number of epoxide rings is 1. The summed E-state index contributed by atoms with van der Waals surface area (Å²) >= 11 is 0. The van der Waals surface area contributed by atoms with Crippen molar-refractivity contribution in [3.05, 3.63) is 82.7 Å². The van der Waals surface area contributed by atoms with Gasteiger partial charge in [0.1, 0.15) is 11.9 Å². The van der Waals surface area contributed by atoms with E-state index in [2.05, 4.69) is 6.58 Å². The van der Waals surface area contributed by atoms with Gasteiger partial charge in [-0.1, -0.05) is 30.3 Å². The normalized spacial score (nSPS) is 29.1. The van der Waals surface area contributed by atoms with Crippen molar-refractivity contribution in [1.29, 1.82) is 0 Å². The lowest BCUT2D eigenvalue weighted by Crippen LogP contribution is -2.22. The van der Waals surface area contributed by atoms with Gasteiger partial charge in [-0.05, 0) is 91.9 Å². The van der Waals surface area contributed by atoms with E-state index >= 15 is 8.78 Å². The van der Waals surface area contributed by atoms with Crippen molar-refractivity contribution in [3.63, 3.8) is 0 Å². The average Bonchev–Trinajstić information content (AvgIpc) is 3.71. The quantitative estimate of drug-likeness (QED) is 0.303. The number of allylic oxidation sites excluding steroid dienone is 1. The molecule has 0 spiro atoms. The molecule has 1 heterocycles. The Labute approximate surface area is 200 Å². The van der Waals surface area contributed by atoms with Crippen LogP contribution in [0.1, 0.15) is 91.6 Å². The molecular weight excluding hydrogens is 437 g/mol. The van der Waals surface area contributed by atoms with Crippen LogP contribution in [0.2, 0.25) is 0 Å². The first-order valence-corrected chi connectivity index (χ1v) is 12.6. The van der Waals surface area contributed by atoms with Crippen molar-refractivity contribution < 1.29 is 22.6 Å². The highest BCUT2D eigenvalue weighted by Crippen LogP contribution is 2.41. The second kappa shape index (κ2) is 10.2. The lowest BCUT2D eigenvalue weighted by Gasteiger charge is -2.30. The minimum Gasteiger partial charge on any atom is -0.373 e. The molecule has 5 rings (SSSR count). The van der Waals surface area contributed by atoms with E-state index in [4.69, 9.17) is 9.47 Å². The molecule has 0 amide bonds. The number of rotatable bonds is 7. The van der Waals surface area contributed by atoms with Crippen molar-refractivity contribution in [1.82, 2.24) is 0 Å². The monoisotopic (exact) mass is 470 g/mol. The zero-order valence-corrected chi connectivity index (χ0v) is 19.6. The van der Waals surface area contributed by atoms with Gasteiger partial charge in [-0.15, -0.1) is 6.58 Å². The number of halogens is 3. The highest BCUT2D eigenvalue weighted by molar-refractivity contribution is 5.32. The molecule has 5 heteroatoms. The number of ether oxygens (including phenoxy) is 2. The van der Waals surface area contributed by atoms with Gasteiger partial charge in [0.25, 0.3) is 0 Å². The number of hydrogen-bond donors (Lipinski definition) is 0. The van der Waals surface area contributed by atoms with Crippen molar-refractivity contribution in [2.24, 2.45) is 5.92 Å². The van der Waals surface area contributed by atoms with Gasteiger partial charge in [0.2, 0.25) is 0 Å². The van der Waals surface area contributed by atoms with Crippen LogP contribution in [0.25, 0.3) is 0 Å². The van der Waals surface area contributed by atoms with E-state index in [1.165, 1.54) is 6.07 Å². The Hall–Kier alpha value is -2.11. The third kappa shape index (κ3) is 5.11. The fraction of sp³-hybridized carbons (Fsp3) is 0.517. The van der Waals surface area contributed by atoms with Crippen molar-refractivity contribution in [2.75, 3.05) is 6.61 Å². The van der Waals surface area contributed by atoms with Crippen LogP contribution in [0.15, 0.2) is 43.0 Å². The van der Waals surface area contributed by atoms with E-state index in [-0.39, 0.29) is 36.5 Å². The van der Waals surface area contributed by atoms with Crippen molar-refractivity contribution in [3.8, 4) is 0 Å². The van der Waals surface area contributed by atoms with E-state index in [1.54, 1.807) is 12.1 Å². The second-order valence-corrected chi connectivity index (χ2v) is 10.2. The van der Waals surface area contributed by atoms with Gasteiger partial charge < -0.3 is 9.47 Å². The Morgan fingerprint density at radius 2 is 1.44 bits per heavy atom. The highest BCUT2D eigenvalue weighted by Gasteiger charge is 2.30. The van der Waals surface area contributed by atoms with E-state index in [0.717, 1.165) is 56.9 Å². The molecule has 3 fully saturated rings. The van der Waals surface area contributed by atoms with Gasteiger partial charge >= 0.3 is 0 Å². The molecule has 3 aliphatic rings. The molecule has 2 aromatic rings. The molecule has 1 atom stereocenters. The SMILES string of the molecule is C=CC1CCC(c2ccc(C3CCC(OCc4ccc(C5CO5)cc4F)CC3)c(F)c2F)CC1. The summed E-state index contributed by atoms with van der Waals surface area (Å²) in [7, 11) is 0. The molecule has 0 aromatic heterocycles. The van der Waals surface area contributed by atoms with Crippen LogP contribution in [-0.4, -0.2) is 12.7 Å². The molecule has 2 aromatic carbocycles. The lowest BCUT2D eigenvalue weighted by atomic mass is 9.77. The highest BCUT2D eigenvalue weighted by atomic mass is 19.2. The largest absolute Gasteiger partial charge is 0.373 e. The molecule has 0 N–H and O–H groups in total. The van der Waals surface area contributed by atoms with Crippen LogP contribution in [0.5, 0.6) is 0 Å². The Balaban J connectivity index is 1.15. The molecule has 2 aliphatic carbocycles. The van der Waals surface area contributed by atoms with Crippen molar-refractivity contribution in [2.45, 2.75) is 82.0 Å². The molecule has 2 saturated carbocycles. The fourth-order valence-corrected chi connectivity index (χ4v) is 5.75. The maximum atomic E-state index is 15.1. The fourth-order valence-electron chi connectivity index (χ4n) is 5.75. The van der Waals surface area contributed by atoms with Gasteiger partial charge in [-0.3, -0.25) is 0 Å². The van der Waals surface area contributed by atoms with Crippen LogP contribution in [0.4, 0.5) is 13.2 Å². The van der Waals surface area contributed by atoms with Gasteiger partial charge in [-0.25, -0.2) is 13.2 Å². The zero-order chi connectivity index (χ0) is 23.7. The Morgan fingerprint density at radius 1 is 0.853 bits per heavy atom. The summed E-state index contributed by atoms with van der Waals surface area (Å²) in [5, 5.41) is 0. The smallest absolute Gasteiger partial charge is 0.162 e. The van der Waals surface area contributed by atoms with E-state index in [9.17, 15) is 4.39 Å². The molecule has 0 bridgehead atoms. The van der Waals surface area contributed by atoms with Gasteiger partial charge in [-0.2, -0.15) is 0 Å². The van der Waals surface area contributed by atoms with E-state index < -0.39 is 11.6 Å². The van der Waals surface area contributed by atoms with Crippen LogP contribution in [0.3, 0.4) is 0 Å². The molecule has 2 nitrogen and oxygen atoms in total. The predicted molar refractivity (Wildman–Crippen MR) is 126 cm³/mol. The summed E-state index contributed by atoms with van der Waals surface area (Å²) in [5.74, 6) is -1.01. The predicted octanol–water partition coefficient (Wildman–Crippen LogP) is 7.88. The summed E-state index contributed by atoms with van der Waals surface area (Å²) in [4.78, 5) is 0. The van der Waals surface area contributed by atoms with Gasteiger partial charge in [0.05, 0.1) is 19.3 Å². The van der Waals surface area contributed by atoms with Crippen LogP contribution in [-0.2, 0) is 16.1 Å². The number of benzene rings is 2. The molecule has 182 valence electrons. The van der Waals surface area contributed by atoms with E-state index in [1.807, 2.05) is 18.2 Å². The summed E-state index contributed by atoms with van der Waals surface area (Å²) in [6.07, 6.45) is 8.76. The lowest BCUT2D eigenvalue weighted by molar-refractivity contribution is 0.0118. The average molecular weight is 471 g/mol. The first kappa shape index (κ1) is 23.6. The first-order chi connectivity index (χ1) is 16.5. The van der Waals surface area contributed by atoms with Crippen LogP contribution in [0, 0.1) is 23.4 Å². The van der Waals surface area contributed by atoms with Crippen LogP contribution < -0.4 is 0 Å². The third-order valence-electron chi connectivity index (χ3n) is 8.06. The topological polar surface area (TPSA) is 21.8 Å². The van der Waals surface area contributed by atoms with Gasteiger partial charge in [0, 0.05) is 5.56 Å². The van der Waals surface area contributed by atoms with Crippen LogP contribution >= 0.6 is 0 Å². The molecule has 1 saturated heterocycles. The Morgan fingerprint density at radius 3 is 1.97 bits per heavy atom. The third-order valence-corrected chi connectivity index (χ3v) is 8.06. The summed E-state index contributed by atoms with van der Waals surface area (Å²) in [6, 6.07) is 8.80. The zero-order valence-electron chi connectivity index (χ0n) is 19.6. The second-order valence-electron chi connectivity index (χ2n) is 10.2. The standard InChI is InChI=1S/C29H33F3O2/c1-2-18-3-5-19(6-4-18)24-13-14-25(29(32)28(24)31)20-9-11-23(12-10-20)33-16-22-8-7-21(15-26(22)30)27-17-34-27/h2,7-8,13-15,18-20,23,27H,1,3-6,9-12,16-17H2. The Kier molecular flexibility index (Phi) is 7.12. The summed E-state index contributed by atoms with van der Waals surface area (Å²) in [5.41, 5.74) is 2.43. The molecule has 1 unspecified atom stereocenters. The first-order valence-electron chi connectivity index (χ1n) is 12.6. The molecule has 34 heavy (non-hydrogen) atoms. The minimum atomic E-state index is -0.672. The maximum absolute atomic E-state index is 15.1. The molecule has 1 aliphatic heterocycles. The summed E-state index contributed by atoms with van der Waals surface area (Å²) < 4.78 is 55.6. The van der Waals surface area contributed by atoms with E-state index in [0.29, 0.717) is 29.2 Å². The Bertz CT molecular complexity index is 1020. The maximum Gasteiger partial charge on any atom is 0.162 e. The summed E-state index contributed by atoms with van der Waals surface area (Å²) in [6.45, 7) is 4.74. The minimum absolute atomic E-state index is 0.00513. The number of hydrogen-bond acceptors (Lipinski definition) is 2. The van der Waals surface area contributed by atoms with Crippen molar-refractivity contribution >= 4 is 0 Å². The molecule has 0 radical (unpaired) electrons.